The molecule has 0 spiro atoms. The van der Waals surface area contributed by atoms with Crippen LogP contribution >= 0.6 is 0 Å². The van der Waals surface area contributed by atoms with Gasteiger partial charge in [-0.3, -0.25) is 4.79 Å². The molecule has 18 heavy (non-hydrogen) atoms. The lowest BCUT2D eigenvalue weighted by Gasteiger charge is -2.36. The molecule has 0 bridgehead atoms. The fourth-order valence-electron chi connectivity index (χ4n) is 2.63. The van der Waals surface area contributed by atoms with Crippen LogP contribution in [0.5, 0.6) is 0 Å². The fraction of sp³-hybridized carbons (Fsp3) is 0.923. The molecule has 1 amide bonds. The summed E-state index contributed by atoms with van der Waals surface area (Å²) < 4.78 is 10.8. The van der Waals surface area contributed by atoms with Crippen molar-refractivity contribution in [3.8, 4) is 0 Å². The van der Waals surface area contributed by atoms with Crippen LogP contribution in [0, 0.1) is 5.92 Å². The van der Waals surface area contributed by atoms with E-state index in [-0.39, 0.29) is 11.9 Å². The Hall–Kier alpha value is -0.650. The predicted molar refractivity (Wildman–Crippen MR) is 68.4 cm³/mol. The first-order chi connectivity index (χ1) is 8.81. The molecule has 0 saturated carbocycles. The highest BCUT2D eigenvalue weighted by Crippen LogP contribution is 2.18. The largest absolute Gasteiger partial charge is 0.381 e. The number of carbonyl (C=O) groups excluding carboxylic acids is 1. The van der Waals surface area contributed by atoms with Gasteiger partial charge < -0.3 is 19.7 Å². The lowest BCUT2D eigenvalue weighted by molar-refractivity contribution is -0.138. The van der Waals surface area contributed by atoms with Crippen molar-refractivity contribution in [2.75, 3.05) is 46.1 Å². The van der Waals surface area contributed by atoms with Gasteiger partial charge in [0.2, 0.25) is 5.91 Å². The normalized spacial score (nSPS) is 29.3. The van der Waals surface area contributed by atoms with Crippen molar-refractivity contribution in [3.63, 3.8) is 0 Å². The number of hydrogen-bond donors (Lipinski definition) is 1. The summed E-state index contributed by atoms with van der Waals surface area (Å²) in [5, 5.41) is 3.23. The molecule has 1 N–H and O–H groups in total. The molecule has 104 valence electrons. The highest BCUT2D eigenvalue weighted by atomic mass is 16.5. The summed E-state index contributed by atoms with van der Waals surface area (Å²) in [4.78, 5) is 14.3. The van der Waals surface area contributed by atoms with E-state index in [1.165, 1.54) is 6.42 Å². The number of nitrogens with one attached hydrogen (secondary N) is 1. The third kappa shape index (κ3) is 3.67. The van der Waals surface area contributed by atoms with E-state index in [1.807, 2.05) is 11.8 Å². The van der Waals surface area contributed by atoms with Crippen molar-refractivity contribution < 1.29 is 14.3 Å². The Bertz CT molecular complexity index is 267. The highest BCUT2D eigenvalue weighted by molar-refractivity contribution is 5.82. The first kappa shape index (κ1) is 13.8. The number of carbonyl (C=O) groups is 1. The van der Waals surface area contributed by atoms with Gasteiger partial charge in [0.25, 0.3) is 0 Å². The lowest BCUT2D eigenvalue weighted by Crippen LogP contribution is -2.54. The van der Waals surface area contributed by atoms with Gasteiger partial charge in [-0.05, 0) is 25.7 Å². The van der Waals surface area contributed by atoms with Crippen LogP contribution < -0.4 is 5.32 Å². The van der Waals surface area contributed by atoms with Gasteiger partial charge in [0.05, 0.1) is 19.8 Å². The van der Waals surface area contributed by atoms with Crippen molar-refractivity contribution >= 4 is 5.91 Å². The highest BCUT2D eigenvalue weighted by Gasteiger charge is 2.29. The number of likely N-dealkylation sites (tertiary alicyclic amines) is 1. The van der Waals surface area contributed by atoms with Crippen LogP contribution in [0.1, 0.15) is 19.8 Å². The first-order valence-corrected chi connectivity index (χ1v) is 6.99. The number of ether oxygens (including phenoxy) is 2. The molecular weight excluding hydrogens is 232 g/mol. The van der Waals surface area contributed by atoms with Crippen molar-refractivity contribution in [1.29, 1.82) is 0 Å². The minimum absolute atomic E-state index is 0.149. The van der Waals surface area contributed by atoms with E-state index < -0.39 is 0 Å². The molecule has 0 aliphatic carbocycles. The molecule has 2 aliphatic heterocycles. The fourth-order valence-corrected chi connectivity index (χ4v) is 2.63. The molecule has 2 fully saturated rings. The quantitative estimate of drug-likeness (QED) is 0.783. The number of amides is 1. The second-order valence-corrected chi connectivity index (χ2v) is 5.03. The van der Waals surface area contributed by atoms with Crippen LogP contribution in [-0.4, -0.2) is 62.9 Å². The van der Waals surface area contributed by atoms with Crippen molar-refractivity contribution in [3.05, 3.63) is 0 Å². The van der Waals surface area contributed by atoms with Crippen LogP contribution in [0.2, 0.25) is 0 Å². The third-order valence-electron chi connectivity index (χ3n) is 3.61. The van der Waals surface area contributed by atoms with Gasteiger partial charge in [-0.25, -0.2) is 0 Å². The molecule has 2 atom stereocenters. The van der Waals surface area contributed by atoms with E-state index in [0.717, 1.165) is 39.3 Å². The smallest absolute Gasteiger partial charge is 0.242 e. The van der Waals surface area contributed by atoms with E-state index in [2.05, 4.69) is 5.32 Å². The average Bonchev–Trinajstić information content (AvgIpc) is 2.45. The zero-order valence-electron chi connectivity index (χ0n) is 11.2. The van der Waals surface area contributed by atoms with Crippen LogP contribution in [0.3, 0.4) is 0 Å². The molecule has 2 aliphatic rings. The Morgan fingerprint density at radius 2 is 2.44 bits per heavy atom. The summed E-state index contributed by atoms with van der Waals surface area (Å²) >= 11 is 0. The Kier molecular flexibility index (Phi) is 5.41. The van der Waals surface area contributed by atoms with E-state index in [1.54, 1.807) is 0 Å². The van der Waals surface area contributed by atoms with Crippen LogP contribution in [0.4, 0.5) is 0 Å². The van der Waals surface area contributed by atoms with Gasteiger partial charge in [-0.2, -0.15) is 0 Å². The van der Waals surface area contributed by atoms with E-state index in [4.69, 9.17) is 9.47 Å². The zero-order chi connectivity index (χ0) is 12.8. The molecule has 2 heterocycles. The summed E-state index contributed by atoms with van der Waals surface area (Å²) in [5.74, 6) is 0.683. The first-order valence-electron chi connectivity index (χ1n) is 6.99. The maximum atomic E-state index is 12.3. The maximum absolute atomic E-state index is 12.3. The molecule has 2 rings (SSSR count). The van der Waals surface area contributed by atoms with Crippen molar-refractivity contribution in [2.24, 2.45) is 5.92 Å². The van der Waals surface area contributed by atoms with Gasteiger partial charge in [0.1, 0.15) is 6.04 Å². The summed E-state index contributed by atoms with van der Waals surface area (Å²) in [7, 11) is 0. The molecule has 0 radical (unpaired) electrons. The number of rotatable bonds is 4. The SMILES string of the molecule is CCOC[C@H]1CCCN(C(=O)[C@H]2COCCN2)C1. The Morgan fingerprint density at radius 3 is 3.17 bits per heavy atom. The number of piperidine rings is 1. The molecule has 2 saturated heterocycles. The molecule has 5 heteroatoms. The second-order valence-electron chi connectivity index (χ2n) is 5.03. The molecule has 0 unspecified atom stereocenters. The summed E-state index contributed by atoms with van der Waals surface area (Å²) in [6.45, 7) is 7.22. The second kappa shape index (κ2) is 7.07. The van der Waals surface area contributed by atoms with Crippen LogP contribution in [0.15, 0.2) is 0 Å². The number of nitrogens with zero attached hydrogens (tertiary/aromatic N) is 1. The molecule has 0 aromatic carbocycles. The van der Waals surface area contributed by atoms with Gasteiger partial charge in [0.15, 0.2) is 0 Å². The molecular formula is C13H24N2O3. The lowest BCUT2D eigenvalue weighted by atomic mass is 9.98. The maximum Gasteiger partial charge on any atom is 0.242 e. The minimum Gasteiger partial charge on any atom is -0.381 e. The van der Waals surface area contributed by atoms with Gasteiger partial charge in [-0.15, -0.1) is 0 Å². The summed E-state index contributed by atoms with van der Waals surface area (Å²) in [6.07, 6.45) is 2.25. The Labute approximate surface area is 109 Å². The number of morpholine rings is 1. The zero-order valence-corrected chi connectivity index (χ0v) is 11.2. The minimum atomic E-state index is -0.149. The average molecular weight is 256 g/mol. The van der Waals surface area contributed by atoms with E-state index in [0.29, 0.717) is 19.1 Å². The van der Waals surface area contributed by atoms with Crippen LogP contribution in [-0.2, 0) is 14.3 Å². The summed E-state index contributed by atoms with van der Waals surface area (Å²) in [6, 6.07) is -0.149. The molecule has 5 nitrogen and oxygen atoms in total. The summed E-state index contributed by atoms with van der Waals surface area (Å²) in [5.41, 5.74) is 0. The van der Waals surface area contributed by atoms with Gasteiger partial charge in [0, 0.05) is 26.2 Å². The molecule has 0 aromatic rings. The monoisotopic (exact) mass is 256 g/mol. The molecule has 0 aromatic heterocycles. The van der Waals surface area contributed by atoms with Gasteiger partial charge >= 0.3 is 0 Å². The standard InChI is InChI=1S/C13H24N2O3/c1-2-17-9-11-4-3-6-15(8-11)13(16)12-10-18-7-5-14-12/h11-12,14H,2-10H2,1H3/t11-,12+/m0/s1. The van der Waals surface area contributed by atoms with E-state index in [9.17, 15) is 4.79 Å². The Morgan fingerprint density at radius 1 is 1.56 bits per heavy atom. The Balaban J connectivity index is 1.81. The van der Waals surface area contributed by atoms with Crippen LogP contribution in [0.25, 0.3) is 0 Å². The van der Waals surface area contributed by atoms with E-state index >= 15 is 0 Å². The van der Waals surface area contributed by atoms with Crippen molar-refractivity contribution in [2.45, 2.75) is 25.8 Å². The van der Waals surface area contributed by atoms with Gasteiger partial charge in [-0.1, -0.05) is 0 Å². The van der Waals surface area contributed by atoms with Crippen molar-refractivity contribution in [1.82, 2.24) is 10.2 Å². The number of hydrogen-bond acceptors (Lipinski definition) is 4. The topological polar surface area (TPSA) is 50.8 Å². The predicted octanol–water partition coefficient (Wildman–Crippen LogP) is 0.250. The third-order valence-corrected chi connectivity index (χ3v) is 3.61.